The van der Waals surface area contributed by atoms with E-state index in [1.165, 1.54) is 6.07 Å². The number of aryl methyl sites for hydroxylation is 1. The third kappa shape index (κ3) is 3.73. The number of halogens is 1. The molecule has 1 amide bonds. The minimum atomic E-state index is -0.527. The maximum Gasteiger partial charge on any atom is 0.257 e. The van der Waals surface area contributed by atoms with E-state index in [0.717, 1.165) is 17.1 Å². The topological polar surface area (TPSA) is 59.4 Å². The summed E-state index contributed by atoms with van der Waals surface area (Å²) in [5, 5.41) is 3.29. The van der Waals surface area contributed by atoms with E-state index < -0.39 is 5.82 Å². The van der Waals surface area contributed by atoms with E-state index in [0.29, 0.717) is 25.2 Å². The Labute approximate surface area is 168 Å². The first-order chi connectivity index (χ1) is 14.1. The normalized spacial score (nSPS) is 16.7. The van der Waals surface area contributed by atoms with Crippen LogP contribution in [0.2, 0.25) is 0 Å². The fourth-order valence-corrected chi connectivity index (χ4v) is 3.68. The number of aromatic nitrogens is 2. The first kappa shape index (κ1) is 19.1. The minimum absolute atomic E-state index is 0.0726. The van der Waals surface area contributed by atoms with Gasteiger partial charge < -0.3 is 19.5 Å². The van der Waals surface area contributed by atoms with Gasteiger partial charge in [0, 0.05) is 39.1 Å². The monoisotopic (exact) mass is 394 g/mol. The largest absolute Gasteiger partial charge is 0.497 e. The van der Waals surface area contributed by atoms with Crippen LogP contribution in [0.15, 0.2) is 54.9 Å². The van der Waals surface area contributed by atoms with Crippen LogP contribution in [0.4, 0.5) is 4.39 Å². The van der Waals surface area contributed by atoms with Crippen LogP contribution in [-0.2, 0) is 7.05 Å². The molecule has 3 aromatic rings. The van der Waals surface area contributed by atoms with Crippen LogP contribution in [0.5, 0.6) is 5.75 Å². The molecule has 1 aliphatic heterocycles. The summed E-state index contributed by atoms with van der Waals surface area (Å²) in [4.78, 5) is 19.3. The summed E-state index contributed by atoms with van der Waals surface area (Å²) in [6.07, 6.45) is 3.55. The number of carbonyl (C=O) groups excluding carboxylic acids is 1. The fourth-order valence-electron chi connectivity index (χ4n) is 3.68. The fraction of sp³-hybridized carbons (Fsp3) is 0.273. The number of methoxy groups -OCH3 is 1. The van der Waals surface area contributed by atoms with Crippen LogP contribution in [0.25, 0.3) is 11.1 Å². The van der Waals surface area contributed by atoms with Crippen molar-refractivity contribution < 1.29 is 13.9 Å². The van der Waals surface area contributed by atoms with Gasteiger partial charge in [-0.3, -0.25) is 4.79 Å². The second-order valence-electron chi connectivity index (χ2n) is 7.04. The predicted molar refractivity (Wildman–Crippen MR) is 108 cm³/mol. The van der Waals surface area contributed by atoms with Crippen molar-refractivity contribution in [2.75, 3.05) is 26.7 Å². The predicted octanol–water partition coefficient (Wildman–Crippen LogP) is 3.02. The number of ether oxygens (including phenoxy) is 1. The van der Waals surface area contributed by atoms with E-state index >= 15 is 0 Å². The third-order valence-corrected chi connectivity index (χ3v) is 5.28. The Kier molecular flexibility index (Phi) is 5.31. The van der Waals surface area contributed by atoms with Gasteiger partial charge in [0.05, 0.1) is 12.7 Å². The molecule has 6 nitrogen and oxygen atoms in total. The average molecular weight is 394 g/mol. The van der Waals surface area contributed by atoms with E-state index in [1.807, 2.05) is 42.1 Å². The van der Waals surface area contributed by atoms with Gasteiger partial charge in [-0.2, -0.15) is 0 Å². The highest BCUT2D eigenvalue weighted by Crippen LogP contribution is 2.27. The van der Waals surface area contributed by atoms with Crippen LogP contribution in [0.3, 0.4) is 0 Å². The molecule has 1 N–H and O–H groups in total. The molecule has 2 heterocycles. The summed E-state index contributed by atoms with van der Waals surface area (Å²) < 4.78 is 22.0. The van der Waals surface area contributed by atoms with Gasteiger partial charge in [-0.05, 0) is 35.4 Å². The molecule has 0 bridgehead atoms. The van der Waals surface area contributed by atoms with Gasteiger partial charge in [-0.1, -0.05) is 18.2 Å². The number of nitrogens with zero attached hydrogens (tertiary/aromatic N) is 3. The number of hydrogen-bond acceptors (Lipinski definition) is 4. The molecule has 0 saturated carbocycles. The lowest BCUT2D eigenvalue weighted by Crippen LogP contribution is -2.49. The summed E-state index contributed by atoms with van der Waals surface area (Å²) >= 11 is 0. The molecule has 150 valence electrons. The average Bonchev–Trinajstić information content (AvgIpc) is 3.19. The van der Waals surface area contributed by atoms with Crippen molar-refractivity contribution in [2.24, 2.45) is 7.05 Å². The van der Waals surface area contributed by atoms with Crippen LogP contribution >= 0.6 is 0 Å². The Morgan fingerprint density at radius 1 is 1.21 bits per heavy atom. The van der Waals surface area contributed by atoms with Gasteiger partial charge >= 0.3 is 0 Å². The quantitative estimate of drug-likeness (QED) is 0.739. The first-order valence-electron chi connectivity index (χ1n) is 9.51. The van der Waals surface area contributed by atoms with Crippen molar-refractivity contribution in [3.05, 3.63) is 72.1 Å². The molecular formula is C22H23FN4O2. The van der Waals surface area contributed by atoms with Crippen molar-refractivity contribution >= 4 is 5.91 Å². The Bertz CT molecular complexity index is 1020. The second-order valence-corrected chi connectivity index (χ2v) is 7.04. The highest BCUT2D eigenvalue weighted by Gasteiger charge is 2.32. The lowest BCUT2D eigenvalue weighted by atomic mass is 10.0. The van der Waals surface area contributed by atoms with Gasteiger partial charge in [-0.15, -0.1) is 0 Å². The van der Waals surface area contributed by atoms with Gasteiger partial charge in [0.15, 0.2) is 0 Å². The smallest absolute Gasteiger partial charge is 0.257 e. The third-order valence-electron chi connectivity index (χ3n) is 5.28. The SMILES string of the molecule is COc1ccc(-c2ccc(C(=O)N3CCNCC3c3nccn3C)c(F)c2)cc1. The summed E-state index contributed by atoms with van der Waals surface area (Å²) in [7, 11) is 3.49. The molecule has 0 aliphatic carbocycles. The van der Waals surface area contributed by atoms with Crippen LogP contribution < -0.4 is 10.1 Å². The van der Waals surface area contributed by atoms with Crippen molar-refractivity contribution in [2.45, 2.75) is 6.04 Å². The number of benzene rings is 2. The standard InChI is InChI=1S/C22H23FN4O2/c1-26-11-10-25-21(26)20-14-24-9-12-27(20)22(28)18-8-5-16(13-19(18)23)15-3-6-17(29-2)7-4-15/h3-8,10-11,13,20,24H,9,12,14H2,1-2H3. The first-order valence-corrected chi connectivity index (χ1v) is 9.51. The van der Waals surface area contributed by atoms with Crippen molar-refractivity contribution in [1.82, 2.24) is 19.8 Å². The van der Waals surface area contributed by atoms with E-state index in [4.69, 9.17) is 4.74 Å². The zero-order chi connectivity index (χ0) is 20.4. The molecule has 1 aromatic heterocycles. The zero-order valence-corrected chi connectivity index (χ0v) is 16.4. The van der Waals surface area contributed by atoms with E-state index in [2.05, 4.69) is 10.3 Å². The number of rotatable bonds is 4. The number of nitrogens with one attached hydrogen (secondary N) is 1. The number of imidazole rings is 1. The second kappa shape index (κ2) is 8.05. The Hall–Kier alpha value is -3.19. The Morgan fingerprint density at radius 2 is 1.97 bits per heavy atom. The lowest BCUT2D eigenvalue weighted by molar-refractivity contribution is 0.0616. The molecule has 4 rings (SSSR count). The molecule has 1 unspecified atom stereocenters. The highest BCUT2D eigenvalue weighted by atomic mass is 19.1. The molecule has 2 aromatic carbocycles. The molecule has 1 aliphatic rings. The van der Waals surface area contributed by atoms with E-state index in [-0.39, 0.29) is 17.5 Å². The van der Waals surface area contributed by atoms with Gasteiger partial charge in [0.1, 0.15) is 23.4 Å². The molecule has 7 heteroatoms. The zero-order valence-electron chi connectivity index (χ0n) is 16.4. The van der Waals surface area contributed by atoms with E-state index in [9.17, 15) is 9.18 Å². The number of hydrogen-bond donors (Lipinski definition) is 1. The molecular weight excluding hydrogens is 371 g/mol. The highest BCUT2D eigenvalue weighted by molar-refractivity contribution is 5.95. The lowest BCUT2D eigenvalue weighted by Gasteiger charge is -2.35. The van der Waals surface area contributed by atoms with Crippen LogP contribution in [-0.4, -0.2) is 47.1 Å². The maximum absolute atomic E-state index is 14.9. The molecule has 0 spiro atoms. The summed E-state index contributed by atoms with van der Waals surface area (Å²) in [6.45, 7) is 1.75. The van der Waals surface area contributed by atoms with Crippen molar-refractivity contribution in [3.8, 4) is 16.9 Å². The molecule has 1 saturated heterocycles. The molecule has 0 radical (unpaired) electrons. The summed E-state index contributed by atoms with van der Waals surface area (Å²) in [6, 6.07) is 11.9. The minimum Gasteiger partial charge on any atom is -0.497 e. The maximum atomic E-state index is 14.9. The van der Waals surface area contributed by atoms with Crippen LogP contribution in [0.1, 0.15) is 22.2 Å². The summed E-state index contributed by atoms with van der Waals surface area (Å²) in [5.41, 5.74) is 1.64. The Morgan fingerprint density at radius 3 is 2.62 bits per heavy atom. The Balaban J connectivity index is 1.61. The molecule has 1 fully saturated rings. The van der Waals surface area contributed by atoms with Crippen LogP contribution in [0, 0.1) is 5.82 Å². The van der Waals surface area contributed by atoms with Crippen molar-refractivity contribution in [1.29, 1.82) is 0 Å². The number of amides is 1. The van der Waals surface area contributed by atoms with E-state index in [1.54, 1.807) is 30.3 Å². The molecule has 29 heavy (non-hydrogen) atoms. The van der Waals surface area contributed by atoms with Gasteiger partial charge in [0.2, 0.25) is 0 Å². The summed E-state index contributed by atoms with van der Waals surface area (Å²) in [5.74, 6) is 0.666. The molecule has 1 atom stereocenters. The van der Waals surface area contributed by atoms with Gasteiger partial charge in [-0.25, -0.2) is 9.37 Å². The van der Waals surface area contributed by atoms with Gasteiger partial charge in [0.25, 0.3) is 5.91 Å². The number of carbonyl (C=O) groups is 1. The van der Waals surface area contributed by atoms with Crippen molar-refractivity contribution in [3.63, 3.8) is 0 Å². The number of piperazine rings is 1.